The smallest absolute Gasteiger partial charge is 0.312 e. The molecule has 0 spiro atoms. The Morgan fingerprint density at radius 1 is 0.968 bits per heavy atom. The van der Waals surface area contributed by atoms with Crippen molar-refractivity contribution in [2.75, 3.05) is 0 Å². The summed E-state index contributed by atoms with van der Waals surface area (Å²) < 4.78 is 24.9. The van der Waals surface area contributed by atoms with Crippen molar-refractivity contribution in [3.05, 3.63) is 106 Å². The predicted molar refractivity (Wildman–Crippen MR) is 114 cm³/mol. The lowest BCUT2D eigenvalue weighted by molar-refractivity contribution is -0.135. The Morgan fingerprint density at radius 2 is 1.71 bits per heavy atom. The summed E-state index contributed by atoms with van der Waals surface area (Å²) in [6.07, 6.45) is 0.0733. The predicted octanol–water partition coefficient (Wildman–Crippen LogP) is 4.69. The molecule has 2 heterocycles. The fourth-order valence-corrected chi connectivity index (χ4v) is 3.94. The summed E-state index contributed by atoms with van der Waals surface area (Å²) in [5, 5.41) is 0.694. The Labute approximate surface area is 177 Å². The van der Waals surface area contributed by atoms with E-state index in [2.05, 4.69) is 4.98 Å². The fraction of sp³-hybridized carbons (Fsp3) is 0.120. The van der Waals surface area contributed by atoms with Crippen molar-refractivity contribution in [2.24, 2.45) is 0 Å². The number of nitrogens with one attached hydrogen (secondary N) is 1. The molecule has 1 aromatic heterocycles. The van der Waals surface area contributed by atoms with E-state index in [9.17, 15) is 14.0 Å². The molecule has 0 radical (unpaired) electrons. The molecule has 3 aromatic carbocycles. The molecule has 1 N–H and O–H groups in total. The number of esters is 1. The van der Waals surface area contributed by atoms with Crippen LogP contribution in [0.4, 0.5) is 4.39 Å². The van der Waals surface area contributed by atoms with E-state index in [0.29, 0.717) is 33.5 Å². The van der Waals surface area contributed by atoms with Crippen molar-refractivity contribution in [3.63, 3.8) is 0 Å². The van der Waals surface area contributed by atoms with Gasteiger partial charge in [-0.2, -0.15) is 0 Å². The molecule has 0 fully saturated rings. The zero-order chi connectivity index (χ0) is 21.4. The number of H-pyrrole nitrogens is 1. The minimum Gasteiger partial charge on any atom is -0.489 e. The van der Waals surface area contributed by atoms with Gasteiger partial charge >= 0.3 is 5.97 Å². The molecule has 0 amide bonds. The number of hydrogen-bond donors (Lipinski definition) is 1. The van der Waals surface area contributed by atoms with Gasteiger partial charge in [-0.25, -0.2) is 4.39 Å². The molecule has 1 unspecified atom stereocenters. The summed E-state index contributed by atoms with van der Waals surface area (Å²) in [6, 6.07) is 20.8. The first-order valence-corrected chi connectivity index (χ1v) is 9.92. The third-order valence-corrected chi connectivity index (χ3v) is 5.48. The van der Waals surface area contributed by atoms with Crippen LogP contribution >= 0.6 is 0 Å². The van der Waals surface area contributed by atoms with E-state index < -0.39 is 5.92 Å². The van der Waals surface area contributed by atoms with Crippen LogP contribution in [0.15, 0.2) is 77.6 Å². The van der Waals surface area contributed by atoms with Crippen molar-refractivity contribution < 1.29 is 18.7 Å². The molecule has 5 rings (SSSR count). The molecule has 0 saturated heterocycles. The molecule has 6 heteroatoms. The second-order valence-corrected chi connectivity index (χ2v) is 7.42. The van der Waals surface area contributed by atoms with E-state index in [1.165, 1.54) is 6.07 Å². The number of rotatable bonds is 4. The second kappa shape index (κ2) is 7.72. The largest absolute Gasteiger partial charge is 0.489 e. The standard InChI is InChI=1S/C25H18FNO4/c26-20-7-3-1-5-16(20)14-30-17-11-9-15(10-12-17)19-13-22(28)31-24-18-6-2-4-8-21(18)27-25(29)23(19)24/h1-12,19H,13-14H2,(H,27,29). The monoisotopic (exact) mass is 415 g/mol. The third-order valence-electron chi connectivity index (χ3n) is 5.48. The maximum absolute atomic E-state index is 13.8. The third kappa shape index (κ3) is 3.57. The first-order valence-electron chi connectivity index (χ1n) is 9.92. The Bertz CT molecular complexity index is 1340. The lowest BCUT2D eigenvalue weighted by Gasteiger charge is -2.25. The summed E-state index contributed by atoms with van der Waals surface area (Å²) in [7, 11) is 0. The Hall–Kier alpha value is -3.93. The molecule has 1 aliphatic rings. The van der Waals surface area contributed by atoms with Crippen LogP contribution in [-0.4, -0.2) is 11.0 Å². The molecule has 5 nitrogen and oxygen atoms in total. The van der Waals surface area contributed by atoms with Crippen molar-refractivity contribution in [3.8, 4) is 11.5 Å². The van der Waals surface area contributed by atoms with Crippen LogP contribution in [-0.2, 0) is 11.4 Å². The lowest BCUT2D eigenvalue weighted by atomic mass is 9.86. The molecule has 0 bridgehead atoms. The first-order chi connectivity index (χ1) is 15.1. The maximum atomic E-state index is 13.8. The number of para-hydroxylation sites is 1. The highest BCUT2D eigenvalue weighted by Gasteiger charge is 2.32. The van der Waals surface area contributed by atoms with E-state index in [4.69, 9.17) is 9.47 Å². The van der Waals surface area contributed by atoms with Gasteiger partial charge in [0.25, 0.3) is 5.56 Å². The van der Waals surface area contributed by atoms with Gasteiger partial charge in [0.1, 0.15) is 23.9 Å². The van der Waals surface area contributed by atoms with Crippen LogP contribution in [0.2, 0.25) is 0 Å². The molecule has 0 saturated carbocycles. The zero-order valence-corrected chi connectivity index (χ0v) is 16.4. The van der Waals surface area contributed by atoms with Gasteiger partial charge in [-0.3, -0.25) is 9.59 Å². The van der Waals surface area contributed by atoms with Gasteiger partial charge < -0.3 is 14.5 Å². The molecule has 1 atom stereocenters. The number of ether oxygens (including phenoxy) is 2. The van der Waals surface area contributed by atoms with E-state index in [1.807, 2.05) is 30.3 Å². The fourth-order valence-electron chi connectivity index (χ4n) is 3.94. The highest BCUT2D eigenvalue weighted by atomic mass is 19.1. The van der Waals surface area contributed by atoms with Crippen LogP contribution < -0.4 is 15.0 Å². The number of benzene rings is 3. The number of carbonyl (C=O) groups excluding carboxylic acids is 1. The highest BCUT2D eigenvalue weighted by Crippen LogP contribution is 2.40. The van der Waals surface area contributed by atoms with Crippen LogP contribution in [0.3, 0.4) is 0 Å². The number of hydrogen-bond acceptors (Lipinski definition) is 4. The summed E-state index contributed by atoms with van der Waals surface area (Å²) in [5.41, 5.74) is 2.06. The summed E-state index contributed by atoms with van der Waals surface area (Å²) in [6.45, 7) is 0.107. The average Bonchev–Trinajstić information content (AvgIpc) is 2.78. The van der Waals surface area contributed by atoms with Gasteiger partial charge in [0.2, 0.25) is 0 Å². The van der Waals surface area contributed by atoms with E-state index in [-0.39, 0.29) is 30.4 Å². The molecular formula is C25H18FNO4. The number of fused-ring (bicyclic) bond motifs is 3. The molecule has 4 aromatic rings. The summed E-state index contributed by atoms with van der Waals surface area (Å²) >= 11 is 0. The summed E-state index contributed by atoms with van der Waals surface area (Å²) in [4.78, 5) is 28.0. The van der Waals surface area contributed by atoms with Crippen molar-refractivity contribution in [2.45, 2.75) is 18.9 Å². The SMILES string of the molecule is O=C1CC(c2ccc(OCc3ccccc3F)cc2)c2c(c3ccccc3[nH]c2=O)O1. The van der Waals surface area contributed by atoms with Crippen molar-refractivity contribution in [1.29, 1.82) is 0 Å². The second-order valence-electron chi connectivity index (χ2n) is 7.42. The molecule has 0 aliphatic carbocycles. The van der Waals surface area contributed by atoms with Gasteiger partial charge in [0.05, 0.1) is 17.5 Å². The number of aromatic nitrogens is 1. The normalized spacial score (nSPS) is 15.4. The quantitative estimate of drug-likeness (QED) is 0.491. The first kappa shape index (κ1) is 19.1. The zero-order valence-electron chi connectivity index (χ0n) is 16.4. The van der Waals surface area contributed by atoms with E-state index in [0.717, 1.165) is 5.56 Å². The number of halogens is 1. The van der Waals surface area contributed by atoms with Gasteiger partial charge in [-0.05, 0) is 35.9 Å². The van der Waals surface area contributed by atoms with Crippen LogP contribution in [0.25, 0.3) is 10.9 Å². The van der Waals surface area contributed by atoms with Crippen LogP contribution in [0.5, 0.6) is 11.5 Å². The van der Waals surface area contributed by atoms with Gasteiger partial charge in [-0.1, -0.05) is 42.5 Å². The highest BCUT2D eigenvalue weighted by molar-refractivity contribution is 5.91. The average molecular weight is 415 g/mol. The summed E-state index contributed by atoms with van der Waals surface area (Å²) in [5.74, 6) is -0.236. The molecule has 154 valence electrons. The van der Waals surface area contributed by atoms with Crippen molar-refractivity contribution >= 4 is 16.9 Å². The number of aromatic amines is 1. The lowest BCUT2D eigenvalue weighted by Crippen LogP contribution is -2.28. The van der Waals surface area contributed by atoms with E-state index >= 15 is 0 Å². The van der Waals surface area contributed by atoms with Gasteiger partial charge in [0, 0.05) is 16.9 Å². The van der Waals surface area contributed by atoms with Gasteiger partial charge in [0.15, 0.2) is 0 Å². The topological polar surface area (TPSA) is 68.4 Å². The molecular weight excluding hydrogens is 397 g/mol. The van der Waals surface area contributed by atoms with Crippen molar-refractivity contribution in [1.82, 2.24) is 4.98 Å². The molecule has 31 heavy (non-hydrogen) atoms. The molecule has 1 aliphatic heterocycles. The Balaban J connectivity index is 1.46. The van der Waals surface area contributed by atoms with E-state index in [1.54, 1.807) is 36.4 Å². The maximum Gasteiger partial charge on any atom is 0.312 e. The Morgan fingerprint density at radius 3 is 2.52 bits per heavy atom. The van der Waals surface area contributed by atoms with Crippen LogP contribution in [0, 0.1) is 5.82 Å². The van der Waals surface area contributed by atoms with Gasteiger partial charge in [-0.15, -0.1) is 0 Å². The number of carbonyl (C=O) groups is 1. The van der Waals surface area contributed by atoms with Crippen LogP contribution in [0.1, 0.15) is 29.0 Å². The Kier molecular flexibility index (Phi) is 4.75. The number of pyridine rings is 1. The minimum atomic E-state index is -0.426. The minimum absolute atomic E-state index is 0.0733.